The van der Waals surface area contributed by atoms with Gasteiger partial charge in [0.15, 0.2) is 0 Å². The molecule has 14 heavy (non-hydrogen) atoms. The zero-order valence-electron chi connectivity index (χ0n) is 8.31. The largest absolute Gasteiger partial charge is 0.524 e. The van der Waals surface area contributed by atoms with Crippen molar-refractivity contribution in [3.63, 3.8) is 0 Å². The summed E-state index contributed by atoms with van der Waals surface area (Å²) in [6.07, 6.45) is 0. The van der Waals surface area contributed by atoms with Crippen molar-refractivity contribution in [3.8, 4) is 5.75 Å². The minimum absolute atomic E-state index is 0.207. The lowest BCUT2D eigenvalue weighted by Gasteiger charge is -2.10. The van der Waals surface area contributed by atoms with Gasteiger partial charge in [-0.05, 0) is 49.6 Å². The number of phosphoric ester groups is 1. The second-order valence-corrected chi connectivity index (χ2v) is 4.43. The summed E-state index contributed by atoms with van der Waals surface area (Å²) in [6.45, 7) is 5.69. The first-order valence-electron chi connectivity index (χ1n) is 4.12. The highest BCUT2D eigenvalue weighted by Crippen LogP contribution is 2.38. The van der Waals surface area contributed by atoms with Crippen LogP contribution in [0.25, 0.3) is 0 Å². The van der Waals surface area contributed by atoms with E-state index in [-0.39, 0.29) is 5.75 Å². The van der Waals surface area contributed by atoms with Gasteiger partial charge in [0.1, 0.15) is 5.75 Å². The predicted molar refractivity (Wildman–Crippen MR) is 53.3 cm³/mol. The SMILES string of the molecule is Cc1cc(OP(=O)(O)O)cc(C)c1C. The van der Waals surface area contributed by atoms with Crippen molar-refractivity contribution in [1.82, 2.24) is 0 Å². The summed E-state index contributed by atoms with van der Waals surface area (Å²) in [6, 6.07) is 3.23. The molecule has 0 spiro atoms. The van der Waals surface area contributed by atoms with Crippen LogP contribution in [0.3, 0.4) is 0 Å². The van der Waals surface area contributed by atoms with Crippen molar-refractivity contribution in [2.75, 3.05) is 0 Å². The highest BCUT2D eigenvalue weighted by molar-refractivity contribution is 7.46. The Morgan fingerprint density at radius 1 is 1.14 bits per heavy atom. The van der Waals surface area contributed by atoms with Gasteiger partial charge in [-0.25, -0.2) is 4.57 Å². The fourth-order valence-corrected chi connectivity index (χ4v) is 1.57. The van der Waals surface area contributed by atoms with Gasteiger partial charge in [-0.2, -0.15) is 0 Å². The van der Waals surface area contributed by atoms with Crippen LogP contribution in [0.2, 0.25) is 0 Å². The Morgan fingerprint density at radius 2 is 1.57 bits per heavy atom. The van der Waals surface area contributed by atoms with Crippen LogP contribution in [0.15, 0.2) is 12.1 Å². The number of rotatable bonds is 2. The molecule has 0 aliphatic heterocycles. The van der Waals surface area contributed by atoms with Gasteiger partial charge in [0.25, 0.3) is 0 Å². The van der Waals surface area contributed by atoms with Crippen LogP contribution in [-0.2, 0) is 4.57 Å². The summed E-state index contributed by atoms with van der Waals surface area (Å²) in [5.74, 6) is 0.207. The summed E-state index contributed by atoms with van der Waals surface area (Å²) in [5, 5.41) is 0. The summed E-state index contributed by atoms with van der Waals surface area (Å²) in [5.41, 5.74) is 3.00. The lowest BCUT2D eigenvalue weighted by atomic mass is 10.0. The molecule has 0 aliphatic carbocycles. The highest BCUT2D eigenvalue weighted by Gasteiger charge is 2.16. The Labute approximate surface area is 82.8 Å². The van der Waals surface area contributed by atoms with Gasteiger partial charge in [0, 0.05) is 0 Å². The van der Waals surface area contributed by atoms with Gasteiger partial charge in [-0.1, -0.05) is 0 Å². The van der Waals surface area contributed by atoms with Crippen molar-refractivity contribution >= 4 is 7.82 Å². The average molecular weight is 216 g/mol. The molecule has 0 aliphatic rings. The molecule has 0 radical (unpaired) electrons. The maximum Gasteiger partial charge on any atom is 0.524 e. The lowest BCUT2D eigenvalue weighted by molar-refractivity contribution is 0.283. The van der Waals surface area contributed by atoms with Crippen molar-refractivity contribution in [1.29, 1.82) is 0 Å². The number of aryl methyl sites for hydroxylation is 2. The summed E-state index contributed by atoms with van der Waals surface area (Å²) < 4.78 is 15.1. The maximum absolute atomic E-state index is 10.6. The molecular formula is C9H13O4P. The third kappa shape index (κ3) is 2.84. The molecule has 0 unspecified atom stereocenters. The van der Waals surface area contributed by atoms with Crippen LogP contribution in [-0.4, -0.2) is 9.79 Å². The number of hydrogen-bond acceptors (Lipinski definition) is 2. The van der Waals surface area contributed by atoms with E-state index in [1.165, 1.54) is 0 Å². The van der Waals surface area contributed by atoms with Crippen molar-refractivity contribution in [3.05, 3.63) is 28.8 Å². The second kappa shape index (κ2) is 3.73. The van der Waals surface area contributed by atoms with E-state index in [0.29, 0.717) is 0 Å². The normalized spacial score (nSPS) is 11.5. The van der Waals surface area contributed by atoms with Crippen LogP contribution in [0.1, 0.15) is 16.7 Å². The van der Waals surface area contributed by atoms with Gasteiger partial charge in [0.2, 0.25) is 0 Å². The van der Waals surface area contributed by atoms with E-state index in [4.69, 9.17) is 9.79 Å². The summed E-state index contributed by atoms with van der Waals surface area (Å²) in [4.78, 5) is 17.2. The van der Waals surface area contributed by atoms with E-state index in [1.807, 2.05) is 20.8 Å². The first kappa shape index (κ1) is 11.2. The van der Waals surface area contributed by atoms with Crippen LogP contribution in [0.4, 0.5) is 0 Å². The molecule has 0 bridgehead atoms. The van der Waals surface area contributed by atoms with E-state index in [1.54, 1.807) is 12.1 Å². The standard InChI is InChI=1S/C9H13O4P/c1-6-4-9(13-14(10,11)12)5-7(2)8(6)3/h4-5H,1-3H3,(H2,10,11,12). The molecule has 4 nitrogen and oxygen atoms in total. The molecule has 0 aromatic heterocycles. The van der Waals surface area contributed by atoms with E-state index < -0.39 is 7.82 Å². The number of hydrogen-bond donors (Lipinski definition) is 2. The Hall–Kier alpha value is -0.830. The third-order valence-electron chi connectivity index (χ3n) is 2.12. The first-order valence-corrected chi connectivity index (χ1v) is 5.65. The molecular weight excluding hydrogens is 203 g/mol. The molecule has 0 heterocycles. The van der Waals surface area contributed by atoms with Crippen LogP contribution < -0.4 is 4.52 Å². The number of benzene rings is 1. The summed E-state index contributed by atoms with van der Waals surface area (Å²) >= 11 is 0. The summed E-state index contributed by atoms with van der Waals surface area (Å²) in [7, 11) is -4.44. The molecule has 1 aromatic carbocycles. The van der Waals surface area contributed by atoms with Crippen LogP contribution in [0.5, 0.6) is 5.75 Å². The molecule has 1 rings (SSSR count). The zero-order chi connectivity index (χ0) is 10.9. The van der Waals surface area contributed by atoms with Gasteiger partial charge in [-0.3, -0.25) is 9.79 Å². The van der Waals surface area contributed by atoms with Crippen LogP contribution >= 0.6 is 7.82 Å². The molecule has 0 atom stereocenters. The molecule has 0 saturated heterocycles. The van der Waals surface area contributed by atoms with Gasteiger partial charge in [0.05, 0.1) is 0 Å². The monoisotopic (exact) mass is 216 g/mol. The molecule has 1 aromatic rings. The van der Waals surface area contributed by atoms with E-state index in [9.17, 15) is 4.57 Å². The molecule has 0 amide bonds. The Bertz CT molecular complexity index is 371. The zero-order valence-corrected chi connectivity index (χ0v) is 9.21. The number of phosphoric acid groups is 1. The Morgan fingerprint density at radius 3 is 1.93 bits per heavy atom. The van der Waals surface area contributed by atoms with E-state index in [0.717, 1.165) is 16.7 Å². The average Bonchev–Trinajstić information content (AvgIpc) is 1.96. The van der Waals surface area contributed by atoms with Crippen molar-refractivity contribution in [2.24, 2.45) is 0 Å². The lowest BCUT2D eigenvalue weighted by Crippen LogP contribution is -1.93. The van der Waals surface area contributed by atoms with Crippen molar-refractivity contribution < 1.29 is 18.9 Å². The minimum atomic E-state index is -4.44. The Balaban J connectivity index is 3.08. The van der Waals surface area contributed by atoms with Crippen LogP contribution in [0, 0.1) is 20.8 Å². The fraction of sp³-hybridized carbons (Fsp3) is 0.333. The molecule has 2 N–H and O–H groups in total. The highest BCUT2D eigenvalue weighted by atomic mass is 31.2. The van der Waals surface area contributed by atoms with Gasteiger partial charge >= 0.3 is 7.82 Å². The molecule has 0 fully saturated rings. The molecule has 0 saturated carbocycles. The van der Waals surface area contributed by atoms with E-state index in [2.05, 4.69) is 4.52 Å². The predicted octanol–water partition coefficient (Wildman–Crippen LogP) is 2.08. The minimum Gasteiger partial charge on any atom is -0.404 e. The maximum atomic E-state index is 10.6. The molecule has 5 heteroatoms. The molecule has 78 valence electrons. The third-order valence-corrected chi connectivity index (χ3v) is 2.57. The second-order valence-electron chi connectivity index (χ2n) is 3.26. The fourth-order valence-electron chi connectivity index (χ4n) is 1.19. The topological polar surface area (TPSA) is 66.8 Å². The van der Waals surface area contributed by atoms with Crippen molar-refractivity contribution in [2.45, 2.75) is 20.8 Å². The van der Waals surface area contributed by atoms with Gasteiger partial charge in [-0.15, -0.1) is 0 Å². The quantitative estimate of drug-likeness (QED) is 0.743. The van der Waals surface area contributed by atoms with Gasteiger partial charge < -0.3 is 4.52 Å². The Kier molecular flexibility index (Phi) is 3.00. The smallest absolute Gasteiger partial charge is 0.404 e. The first-order chi connectivity index (χ1) is 6.29. The van der Waals surface area contributed by atoms with E-state index >= 15 is 0 Å².